The molecule has 1 saturated heterocycles. The van der Waals surface area contributed by atoms with Crippen molar-refractivity contribution < 1.29 is 9.59 Å². The molecule has 3 rings (SSSR count). The Morgan fingerprint density at radius 3 is 2.86 bits per heavy atom. The molecule has 0 aromatic heterocycles. The molecular formula is C18H20N2O2. The maximum atomic E-state index is 12.1. The van der Waals surface area contributed by atoms with E-state index in [0.717, 1.165) is 42.0 Å². The van der Waals surface area contributed by atoms with E-state index in [2.05, 4.69) is 22.8 Å². The highest BCUT2D eigenvalue weighted by atomic mass is 16.2. The minimum Gasteiger partial charge on any atom is -0.345 e. The van der Waals surface area contributed by atoms with Crippen molar-refractivity contribution in [1.29, 1.82) is 0 Å². The van der Waals surface area contributed by atoms with Gasteiger partial charge in [0.05, 0.1) is 12.1 Å². The van der Waals surface area contributed by atoms with Gasteiger partial charge in [-0.25, -0.2) is 0 Å². The van der Waals surface area contributed by atoms with E-state index < -0.39 is 6.04 Å². The molecule has 1 aliphatic rings. The molecule has 1 unspecified atom stereocenters. The third-order valence-corrected chi connectivity index (χ3v) is 4.19. The predicted octanol–water partition coefficient (Wildman–Crippen LogP) is 1.82. The number of hydrogen-bond donors (Lipinski definition) is 2. The number of amides is 1. The van der Waals surface area contributed by atoms with Gasteiger partial charge in [-0.2, -0.15) is 0 Å². The highest BCUT2D eigenvalue weighted by Crippen LogP contribution is 2.19. The van der Waals surface area contributed by atoms with E-state index >= 15 is 0 Å². The van der Waals surface area contributed by atoms with Crippen LogP contribution in [0.5, 0.6) is 0 Å². The number of fused-ring (bicyclic) bond motifs is 1. The molecule has 0 radical (unpaired) electrons. The first-order chi connectivity index (χ1) is 10.8. The van der Waals surface area contributed by atoms with E-state index in [-0.39, 0.29) is 11.9 Å². The zero-order chi connectivity index (χ0) is 15.4. The van der Waals surface area contributed by atoms with Crippen LogP contribution >= 0.6 is 0 Å². The molecule has 1 heterocycles. The van der Waals surface area contributed by atoms with E-state index in [4.69, 9.17) is 0 Å². The molecule has 1 aliphatic heterocycles. The van der Waals surface area contributed by atoms with Crippen LogP contribution in [0, 0.1) is 0 Å². The Bertz CT molecular complexity index is 672. The summed E-state index contributed by atoms with van der Waals surface area (Å²) in [6.07, 6.45) is 3.19. The summed E-state index contributed by atoms with van der Waals surface area (Å²) in [6.45, 7) is 0.868. The molecule has 4 heteroatoms. The molecular weight excluding hydrogens is 276 g/mol. The Kier molecular flexibility index (Phi) is 4.49. The van der Waals surface area contributed by atoms with Gasteiger partial charge >= 0.3 is 0 Å². The topological polar surface area (TPSA) is 58.2 Å². The molecule has 0 saturated carbocycles. The second kappa shape index (κ2) is 6.71. The number of carbonyl (C=O) groups is 2. The molecule has 0 aliphatic carbocycles. The van der Waals surface area contributed by atoms with Gasteiger partial charge < -0.3 is 15.4 Å². The summed E-state index contributed by atoms with van der Waals surface area (Å²) < 4.78 is 0. The first-order valence-corrected chi connectivity index (χ1v) is 7.73. The van der Waals surface area contributed by atoms with Crippen LogP contribution in [-0.2, 0) is 16.0 Å². The highest BCUT2D eigenvalue weighted by Gasteiger charge is 2.24. The average molecular weight is 296 g/mol. The number of carbonyl (C=O) groups excluding carboxylic acids is 2. The summed E-state index contributed by atoms with van der Waals surface area (Å²) in [5.41, 5.74) is 1.08. The monoisotopic (exact) mass is 296 g/mol. The normalized spacial score (nSPS) is 19.0. The van der Waals surface area contributed by atoms with Crippen molar-refractivity contribution >= 4 is 23.0 Å². The van der Waals surface area contributed by atoms with Gasteiger partial charge in [-0.15, -0.1) is 0 Å². The van der Waals surface area contributed by atoms with Crippen LogP contribution in [0.3, 0.4) is 0 Å². The molecule has 0 bridgehead atoms. The van der Waals surface area contributed by atoms with Crippen molar-refractivity contribution in [2.45, 2.75) is 31.3 Å². The van der Waals surface area contributed by atoms with Gasteiger partial charge in [0.2, 0.25) is 5.91 Å². The van der Waals surface area contributed by atoms with Gasteiger partial charge in [0.25, 0.3) is 0 Å². The van der Waals surface area contributed by atoms with Crippen molar-refractivity contribution in [3.63, 3.8) is 0 Å². The Morgan fingerprint density at radius 2 is 2.09 bits per heavy atom. The highest BCUT2D eigenvalue weighted by molar-refractivity contribution is 5.87. The van der Waals surface area contributed by atoms with Crippen LogP contribution in [0.2, 0.25) is 0 Å². The van der Waals surface area contributed by atoms with Gasteiger partial charge in [0, 0.05) is 6.42 Å². The SMILES string of the molecule is O=C[C@H](Cc1cccc2ccccc12)NC(=O)C1CCCN1. The standard InChI is InChI=1S/C18H20N2O2/c21-12-15(20-18(22)17-9-4-10-19-17)11-14-7-3-6-13-5-1-2-8-16(13)14/h1-3,5-8,12,15,17,19H,4,9-11H2,(H,20,22)/t15-,17?/m0/s1. The minimum atomic E-state index is -0.485. The first-order valence-electron chi connectivity index (χ1n) is 7.73. The second-order valence-electron chi connectivity index (χ2n) is 5.74. The zero-order valence-corrected chi connectivity index (χ0v) is 12.4. The summed E-state index contributed by atoms with van der Waals surface area (Å²) in [4.78, 5) is 23.5. The summed E-state index contributed by atoms with van der Waals surface area (Å²) in [7, 11) is 0. The van der Waals surface area contributed by atoms with Gasteiger partial charge in [0.1, 0.15) is 6.29 Å². The third-order valence-electron chi connectivity index (χ3n) is 4.19. The lowest BCUT2D eigenvalue weighted by Crippen LogP contribution is -2.46. The van der Waals surface area contributed by atoms with Crippen molar-refractivity contribution in [2.75, 3.05) is 6.54 Å². The number of benzene rings is 2. The lowest BCUT2D eigenvalue weighted by molar-refractivity contribution is -0.125. The van der Waals surface area contributed by atoms with Crippen molar-refractivity contribution in [3.8, 4) is 0 Å². The van der Waals surface area contributed by atoms with Crippen LogP contribution in [0.1, 0.15) is 18.4 Å². The predicted molar refractivity (Wildman–Crippen MR) is 86.7 cm³/mol. The molecule has 1 amide bonds. The quantitative estimate of drug-likeness (QED) is 0.828. The number of hydrogen-bond acceptors (Lipinski definition) is 3. The van der Waals surface area contributed by atoms with E-state index in [1.54, 1.807) is 0 Å². The van der Waals surface area contributed by atoms with Crippen LogP contribution in [0.4, 0.5) is 0 Å². The number of aldehydes is 1. The largest absolute Gasteiger partial charge is 0.345 e. The van der Waals surface area contributed by atoms with Gasteiger partial charge in [-0.1, -0.05) is 42.5 Å². The molecule has 2 N–H and O–H groups in total. The first kappa shape index (κ1) is 14.7. The second-order valence-corrected chi connectivity index (χ2v) is 5.74. The molecule has 114 valence electrons. The minimum absolute atomic E-state index is 0.0742. The van der Waals surface area contributed by atoms with Crippen LogP contribution in [-0.4, -0.2) is 30.8 Å². The smallest absolute Gasteiger partial charge is 0.237 e. The van der Waals surface area contributed by atoms with Crippen molar-refractivity contribution in [1.82, 2.24) is 10.6 Å². The third kappa shape index (κ3) is 3.17. The fourth-order valence-corrected chi connectivity index (χ4v) is 3.03. The number of nitrogens with one attached hydrogen (secondary N) is 2. The van der Waals surface area contributed by atoms with E-state index in [1.807, 2.05) is 30.3 Å². The molecule has 2 aromatic rings. The molecule has 0 spiro atoms. The van der Waals surface area contributed by atoms with E-state index in [0.29, 0.717) is 6.42 Å². The average Bonchev–Trinajstić information content (AvgIpc) is 3.09. The van der Waals surface area contributed by atoms with Crippen LogP contribution in [0.25, 0.3) is 10.8 Å². The molecule has 1 fully saturated rings. The van der Waals surface area contributed by atoms with Crippen molar-refractivity contribution in [3.05, 3.63) is 48.0 Å². The van der Waals surface area contributed by atoms with E-state index in [1.165, 1.54) is 0 Å². The Balaban J connectivity index is 1.74. The maximum absolute atomic E-state index is 12.1. The maximum Gasteiger partial charge on any atom is 0.237 e. The van der Waals surface area contributed by atoms with Crippen molar-refractivity contribution in [2.24, 2.45) is 0 Å². The van der Waals surface area contributed by atoms with Crippen LogP contribution in [0.15, 0.2) is 42.5 Å². The fraction of sp³-hybridized carbons (Fsp3) is 0.333. The fourth-order valence-electron chi connectivity index (χ4n) is 3.03. The molecule has 2 atom stereocenters. The lowest BCUT2D eigenvalue weighted by Gasteiger charge is -2.17. The molecule has 2 aromatic carbocycles. The Morgan fingerprint density at radius 1 is 1.27 bits per heavy atom. The molecule has 4 nitrogen and oxygen atoms in total. The van der Waals surface area contributed by atoms with Gasteiger partial charge in [-0.05, 0) is 35.7 Å². The Hall–Kier alpha value is -2.20. The molecule has 22 heavy (non-hydrogen) atoms. The zero-order valence-electron chi connectivity index (χ0n) is 12.4. The summed E-state index contributed by atoms with van der Waals surface area (Å²) in [5, 5.41) is 8.28. The van der Waals surface area contributed by atoms with E-state index in [9.17, 15) is 9.59 Å². The Labute approximate surface area is 129 Å². The van der Waals surface area contributed by atoms with Crippen LogP contribution < -0.4 is 10.6 Å². The number of rotatable bonds is 5. The summed E-state index contributed by atoms with van der Waals surface area (Å²) in [5.74, 6) is -0.0742. The lowest BCUT2D eigenvalue weighted by atomic mass is 9.99. The summed E-state index contributed by atoms with van der Waals surface area (Å²) >= 11 is 0. The summed E-state index contributed by atoms with van der Waals surface area (Å²) in [6, 6.07) is 13.5. The van der Waals surface area contributed by atoms with Gasteiger partial charge in [0.15, 0.2) is 0 Å². The van der Waals surface area contributed by atoms with Gasteiger partial charge in [-0.3, -0.25) is 4.79 Å².